The molecular formula is C24H29FN6O2. The van der Waals surface area contributed by atoms with Crippen molar-refractivity contribution in [1.29, 1.82) is 0 Å². The molecule has 1 saturated heterocycles. The van der Waals surface area contributed by atoms with Crippen molar-refractivity contribution in [3.63, 3.8) is 0 Å². The zero-order valence-electron chi connectivity index (χ0n) is 18.5. The maximum Gasteiger partial charge on any atom is 0.220 e. The largest absolute Gasteiger partial charge is 0.381 e. The minimum Gasteiger partial charge on any atom is -0.381 e. The van der Waals surface area contributed by atoms with E-state index in [4.69, 9.17) is 20.4 Å². The topological polar surface area (TPSA) is 108 Å². The summed E-state index contributed by atoms with van der Waals surface area (Å²) in [6, 6.07) is 6.63. The van der Waals surface area contributed by atoms with Crippen LogP contribution in [0.25, 0.3) is 11.2 Å². The number of aromatic nitrogens is 4. The second-order valence-electron chi connectivity index (χ2n) is 9.07. The molecule has 3 heterocycles. The minimum absolute atomic E-state index is 0.0886. The van der Waals surface area contributed by atoms with E-state index in [1.54, 1.807) is 24.4 Å². The summed E-state index contributed by atoms with van der Waals surface area (Å²) in [7, 11) is 0. The monoisotopic (exact) mass is 452 g/mol. The van der Waals surface area contributed by atoms with Crippen molar-refractivity contribution in [1.82, 2.24) is 19.5 Å². The van der Waals surface area contributed by atoms with E-state index >= 15 is 0 Å². The standard InChI is InChI=1S/C24H29FN6O2/c25-18-3-1-2-4-19(18)28-24-29-20-14-27-21(13-15-9-11-33-12-10-15)30-23(20)31(24)17-7-5-16(6-8-17)22(26)32/h1-4,14-17H,5-13H2,(H2,26,32)(H,28,29). The van der Waals surface area contributed by atoms with Gasteiger partial charge in [0.2, 0.25) is 11.9 Å². The minimum atomic E-state index is -0.347. The van der Waals surface area contributed by atoms with Crippen molar-refractivity contribution in [3.8, 4) is 0 Å². The van der Waals surface area contributed by atoms with Crippen LogP contribution in [0, 0.1) is 17.7 Å². The number of nitrogens with zero attached hydrogens (tertiary/aromatic N) is 4. The van der Waals surface area contributed by atoms with E-state index in [1.165, 1.54) is 6.07 Å². The summed E-state index contributed by atoms with van der Waals surface area (Å²) in [4.78, 5) is 25.8. The molecule has 0 atom stereocenters. The number of benzene rings is 1. The summed E-state index contributed by atoms with van der Waals surface area (Å²) in [5.74, 6) is 1.15. The van der Waals surface area contributed by atoms with Gasteiger partial charge in [0.15, 0.2) is 5.65 Å². The van der Waals surface area contributed by atoms with Crippen LogP contribution in [0.2, 0.25) is 0 Å². The van der Waals surface area contributed by atoms with Gasteiger partial charge in [0.1, 0.15) is 17.2 Å². The van der Waals surface area contributed by atoms with Crippen LogP contribution in [-0.2, 0) is 16.0 Å². The number of para-hydroxylation sites is 1. The molecule has 5 rings (SSSR count). The third-order valence-electron chi connectivity index (χ3n) is 6.88. The molecule has 174 valence electrons. The van der Waals surface area contributed by atoms with Gasteiger partial charge in [0, 0.05) is 31.6 Å². The van der Waals surface area contributed by atoms with Crippen molar-refractivity contribution in [2.24, 2.45) is 17.6 Å². The first-order chi connectivity index (χ1) is 16.1. The average molecular weight is 453 g/mol. The molecule has 0 spiro atoms. The van der Waals surface area contributed by atoms with Gasteiger partial charge in [-0.2, -0.15) is 0 Å². The van der Waals surface area contributed by atoms with E-state index in [0.717, 1.165) is 69.6 Å². The summed E-state index contributed by atoms with van der Waals surface area (Å²) in [6.45, 7) is 1.56. The fourth-order valence-electron chi connectivity index (χ4n) is 4.97. The van der Waals surface area contributed by atoms with Crippen molar-refractivity contribution >= 4 is 28.7 Å². The molecule has 1 aliphatic heterocycles. The van der Waals surface area contributed by atoms with Crippen molar-refractivity contribution in [2.75, 3.05) is 18.5 Å². The number of rotatable bonds is 6. The molecule has 2 fully saturated rings. The molecule has 33 heavy (non-hydrogen) atoms. The lowest BCUT2D eigenvalue weighted by Crippen LogP contribution is -2.28. The van der Waals surface area contributed by atoms with E-state index < -0.39 is 0 Å². The van der Waals surface area contributed by atoms with Crippen LogP contribution in [0.15, 0.2) is 30.5 Å². The summed E-state index contributed by atoms with van der Waals surface area (Å²) < 4.78 is 21.9. The van der Waals surface area contributed by atoms with Crippen molar-refractivity contribution in [3.05, 3.63) is 42.1 Å². The van der Waals surface area contributed by atoms with Crippen LogP contribution >= 0.6 is 0 Å². The maximum absolute atomic E-state index is 14.4. The van der Waals surface area contributed by atoms with Crippen LogP contribution in [0.5, 0.6) is 0 Å². The van der Waals surface area contributed by atoms with Crippen LogP contribution in [-0.4, -0.2) is 38.6 Å². The van der Waals surface area contributed by atoms with Gasteiger partial charge in [-0.15, -0.1) is 0 Å². The molecule has 2 aliphatic rings. The number of anilines is 2. The third kappa shape index (κ3) is 4.68. The quantitative estimate of drug-likeness (QED) is 0.587. The van der Waals surface area contributed by atoms with Crippen molar-refractivity contribution in [2.45, 2.75) is 51.0 Å². The van der Waals surface area contributed by atoms with E-state index in [0.29, 0.717) is 23.1 Å². The second kappa shape index (κ2) is 9.43. The van der Waals surface area contributed by atoms with Gasteiger partial charge in [0.25, 0.3) is 0 Å². The first kappa shape index (κ1) is 21.8. The molecule has 3 N–H and O–H groups in total. The van der Waals surface area contributed by atoms with Crippen LogP contribution < -0.4 is 11.1 Å². The lowest BCUT2D eigenvalue weighted by molar-refractivity contribution is -0.122. The molecule has 2 aromatic heterocycles. The van der Waals surface area contributed by atoms with Gasteiger partial charge in [-0.3, -0.25) is 9.36 Å². The summed E-state index contributed by atoms with van der Waals surface area (Å²) in [5, 5.41) is 3.16. The first-order valence-corrected chi connectivity index (χ1v) is 11.7. The Hall–Kier alpha value is -3.07. The summed E-state index contributed by atoms with van der Waals surface area (Å²) in [5.41, 5.74) is 7.31. The number of imidazole rings is 1. The molecule has 1 amide bonds. The normalized spacial score (nSPS) is 21.8. The fraction of sp³-hybridized carbons (Fsp3) is 0.500. The molecule has 3 aromatic rings. The lowest BCUT2D eigenvalue weighted by atomic mass is 9.85. The van der Waals surface area contributed by atoms with E-state index in [2.05, 4.69) is 14.9 Å². The van der Waals surface area contributed by atoms with Gasteiger partial charge in [-0.05, 0) is 56.6 Å². The lowest BCUT2D eigenvalue weighted by Gasteiger charge is -2.29. The number of fused-ring (bicyclic) bond motifs is 1. The smallest absolute Gasteiger partial charge is 0.220 e. The Morgan fingerprint density at radius 1 is 1.12 bits per heavy atom. The van der Waals surface area contributed by atoms with E-state index in [1.807, 2.05) is 0 Å². The molecule has 1 aliphatic carbocycles. The van der Waals surface area contributed by atoms with Crippen molar-refractivity contribution < 1.29 is 13.9 Å². The zero-order valence-corrected chi connectivity index (χ0v) is 18.5. The predicted octanol–water partition coefficient (Wildman–Crippen LogP) is 3.89. The Morgan fingerprint density at radius 3 is 2.61 bits per heavy atom. The molecule has 8 nitrogen and oxygen atoms in total. The maximum atomic E-state index is 14.4. The zero-order chi connectivity index (χ0) is 22.8. The van der Waals surface area contributed by atoms with Gasteiger partial charge in [0.05, 0.1) is 11.9 Å². The SMILES string of the molecule is NC(=O)C1CCC(n2c(Nc3ccccc3F)nc3cnc(CC4CCOCC4)nc32)CC1. The number of carbonyl (C=O) groups excluding carboxylic acids is 1. The average Bonchev–Trinajstić information content (AvgIpc) is 3.18. The number of hydrogen-bond acceptors (Lipinski definition) is 6. The third-order valence-corrected chi connectivity index (χ3v) is 6.88. The second-order valence-corrected chi connectivity index (χ2v) is 9.07. The first-order valence-electron chi connectivity index (χ1n) is 11.7. The highest BCUT2D eigenvalue weighted by molar-refractivity contribution is 5.77. The number of hydrogen-bond donors (Lipinski definition) is 2. The number of amides is 1. The summed E-state index contributed by atoms with van der Waals surface area (Å²) in [6.07, 6.45) is 7.59. The Morgan fingerprint density at radius 2 is 1.88 bits per heavy atom. The predicted molar refractivity (Wildman–Crippen MR) is 122 cm³/mol. The Kier molecular flexibility index (Phi) is 6.22. The Labute approximate surface area is 191 Å². The van der Waals surface area contributed by atoms with Gasteiger partial charge in [-0.1, -0.05) is 12.1 Å². The molecular weight excluding hydrogens is 423 g/mol. The summed E-state index contributed by atoms with van der Waals surface area (Å²) >= 11 is 0. The molecule has 0 unspecified atom stereocenters. The highest BCUT2D eigenvalue weighted by Gasteiger charge is 2.29. The highest BCUT2D eigenvalue weighted by atomic mass is 19.1. The van der Waals surface area contributed by atoms with Gasteiger partial charge in [-0.25, -0.2) is 19.3 Å². The number of nitrogens with two attached hydrogens (primary N) is 1. The molecule has 9 heteroatoms. The highest BCUT2D eigenvalue weighted by Crippen LogP contribution is 2.37. The molecule has 0 bridgehead atoms. The van der Waals surface area contributed by atoms with Crippen LogP contribution in [0.3, 0.4) is 0 Å². The van der Waals surface area contributed by atoms with Gasteiger partial charge < -0.3 is 15.8 Å². The Balaban J connectivity index is 1.50. The Bertz CT molecular complexity index is 1140. The molecule has 0 radical (unpaired) electrons. The number of halogens is 1. The number of carbonyl (C=O) groups is 1. The van der Waals surface area contributed by atoms with Crippen LogP contribution in [0.4, 0.5) is 16.0 Å². The van der Waals surface area contributed by atoms with E-state index in [9.17, 15) is 9.18 Å². The van der Waals surface area contributed by atoms with Gasteiger partial charge >= 0.3 is 0 Å². The van der Waals surface area contributed by atoms with Crippen LogP contribution in [0.1, 0.15) is 50.4 Å². The van der Waals surface area contributed by atoms with E-state index in [-0.39, 0.29) is 23.7 Å². The number of primary amides is 1. The fourth-order valence-corrected chi connectivity index (χ4v) is 4.97. The molecule has 1 aromatic carbocycles. The molecule has 1 saturated carbocycles. The number of ether oxygens (including phenoxy) is 1. The number of nitrogens with one attached hydrogen (secondary N) is 1.